The minimum Gasteiger partial charge on any atom is -0.476 e. The zero-order valence-corrected chi connectivity index (χ0v) is 8.02. The smallest absolute Gasteiger partial charge is 0.357 e. The van der Waals surface area contributed by atoms with E-state index in [2.05, 4.69) is 20.9 Å². The monoisotopic (exact) mass is 240 g/mol. The zero-order chi connectivity index (χ0) is 9.42. The molecule has 0 saturated carbocycles. The van der Waals surface area contributed by atoms with Crippen molar-refractivity contribution in [2.75, 3.05) is 0 Å². The summed E-state index contributed by atoms with van der Waals surface area (Å²) in [5.41, 5.74) is 0.651. The van der Waals surface area contributed by atoms with Crippen molar-refractivity contribution in [1.29, 1.82) is 0 Å². The average Bonchev–Trinajstić information content (AvgIpc) is 2.45. The van der Waals surface area contributed by atoms with Gasteiger partial charge in [-0.1, -0.05) is 6.07 Å². The number of hydrogen-bond acceptors (Lipinski definition) is 2. The van der Waals surface area contributed by atoms with Crippen molar-refractivity contribution in [2.45, 2.75) is 0 Å². The Balaban J connectivity index is 2.81. The van der Waals surface area contributed by atoms with E-state index in [1.165, 1.54) is 0 Å². The third-order valence-electron chi connectivity index (χ3n) is 1.67. The molecule has 0 unspecified atom stereocenters. The van der Waals surface area contributed by atoms with Gasteiger partial charge in [0.25, 0.3) is 0 Å². The van der Waals surface area contributed by atoms with Crippen LogP contribution >= 0.6 is 15.9 Å². The summed E-state index contributed by atoms with van der Waals surface area (Å²) in [6, 6.07) is 5.36. The maximum Gasteiger partial charge on any atom is 0.357 e. The molecule has 1 N–H and O–H groups in total. The molecule has 0 aliphatic heterocycles. The van der Waals surface area contributed by atoms with Gasteiger partial charge < -0.3 is 5.11 Å². The fraction of sp³-hybridized carbons (Fsp3) is 0. The van der Waals surface area contributed by atoms with E-state index < -0.39 is 5.97 Å². The van der Waals surface area contributed by atoms with Crippen molar-refractivity contribution in [3.8, 4) is 0 Å². The van der Waals surface area contributed by atoms with Gasteiger partial charge >= 0.3 is 5.97 Å². The van der Waals surface area contributed by atoms with Gasteiger partial charge in [0.2, 0.25) is 0 Å². The predicted octanol–water partition coefficient (Wildman–Crippen LogP) is 1.79. The molecule has 0 radical (unpaired) electrons. The van der Waals surface area contributed by atoms with Crippen molar-refractivity contribution in [2.24, 2.45) is 0 Å². The van der Waals surface area contributed by atoms with Gasteiger partial charge in [0, 0.05) is 6.20 Å². The first kappa shape index (κ1) is 8.25. The first-order valence-corrected chi connectivity index (χ1v) is 4.35. The van der Waals surface area contributed by atoms with Gasteiger partial charge in [-0.15, -0.1) is 0 Å². The molecular weight excluding hydrogens is 236 g/mol. The summed E-state index contributed by atoms with van der Waals surface area (Å²) in [5, 5.41) is 8.76. The van der Waals surface area contributed by atoms with E-state index in [1.54, 1.807) is 22.7 Å². The van der Waals surface area contributed by atoms with Crippen LogP contribution in [0.2, 0.25) is 0 Å². The van der Waals surface area contributed by atoms with Crippen molar-refractivity contribution >= 4 is 27.5 Å². The van der Waals surface area contributed by atoms with Crippen LogP contribution in [0.4, 0.5) is 0 Å². The Morgan fingerprint density at radius 2 is 2.31 bits per heavy atom. The Hall–Kier alpha value is -1.36. The second-order valence-corrected chi connectivity index (χ2v) is 3.24. The van der Waals surface area contributed by atoms with Crippen molar-refractivity contribution in [1.82, 2.24) is 9.38 Å². The minimum atomic E-state index is -1.03. The molecule has 0 fully saturated rings. The number of hydrogen-bond donors (Lipinski definition) is 1. The number of aromatic nitrogens is 2. The highest BCUT2D eigenvalue weighted by Gasteiger charge is 2.14. The Bertz CT molecular complexity index is 478. The second-order valence-electron chi connectivity index (χ2n) is 2.49. The fourth-order valence-corrected chi connectivity index (χ4v) is 1.66. The van der Waals surface area contributed by atoms with Crippen molar-refractivity contribution < 1.29 is 9.90 Å². The zero-order valence-electron chi connectivity index (χ0n) is 6.44. The SMILES string of the molecule is O=C(O)c1nc2ccccn2c1Br. The second kappa shape index (κ2) is 2.85. The summed E-state index contributed by atoms with van der Waals surface area (Å²) in [5.74, 6) is -1.03. The summed E-state index contributed by atoms with van der Waals surface area (Å²) in [6.45, 7) is 0. The molecule has 0 aliphatic rings. The highest BCUT2D eigenvalue weighted by molar-refractivity contribution is 9.10. The van der Waals surface area contributed by atoms with Gasteiger partial charge in [-0.2, -0.15) is 0 Å². The highest BCUT2D eigenvalue weighted by atomic mass is 79.9. The summed E-state index contributed by atoms with van der Waals surface area (Å²) >= 11 is 3.17. The molecule has 0 atom stereocenters. The number of carboxylic acids is 1. The fourth-order valence-electron chi connectivity index (χ4n) is 1.10. The summed E-state index contributed by atoms with van der Waals surface area (Å²) in [7, 11) is 0. The Morgan fingerprint density at radius 1 is 1.54 bits per heavy atom. The normalized spacial score (nSPS) is 10.5. The van der Waals surface area contributed by atoms with E-state index in [9.17, 15) is 4.79 Å². The maximum absolute atomic E-state index is 10.7. The molecule has 0 bridgehead atoms. The lowest BCUT2D eigenvalue weighted by atomic mass is 10.5. The van der Waals surface area contributed by atoms with E-state index in [1.807, 2.05) is 6.07 Å². The lowest BCUT2D eigenvalue weighted by molar-refractivity contribution is 0.0690. The van der Waals surface area contributed by atoms with E-state index in [-0.39, 0.29) is 5.69 Å². The molecule has 2 aromatic rings. The van der Waals surface area contributed by atoms with Crippen LogP contribution in [-0.2, 0) is 0 Å². The summed E-state index contributed by atoms with van der Waals surface area (Å²) in [6.07, 6.45) is 1.75. The van der Waals surface area contributed by atoms with Gasteiger partial charge in [-0.05, 0) is 28.1 Å². The molecule has 5 heteroatoms. The molecule has 13 heavy (non-hydrogen) atoms. The quantitative estimate of drug-likeness (QED) is 0.828. The third kappa shape index (κ3) is 1.21. The lowest BCUT2D eigenvalue weighted by Gasteiger charge is -1.91. The van der Waals surface area contributed by atoms with Gasteiger partial charge in [0.15, 0.2) is 5.69 Å². The van der Waals surface area contributed by atoms with E-state index in [0.29, 0.717) is 10.3 Å². The number of carbonyl (C=O) groups is 1. The van der Waals surface area contributed by atoms with Crippen LogP contribution in [0.3, 0.4) is 0 Å². The van der Waals surface area contributed by atoms with Crippen LogP contribution in [-0.4, -0.2) is 20.5 Å². The molecule has 2 aromatic heterocycles. The molecule has 2 rings (SSSR count). The Kier molecular flexibility index (Phi) is 1.81. The molecular formula is C8H5BrN2O2. The summed E-state index contributed by atoms with van der Waals surface area (Å²) < 4.78 is 2.14. The van der Waals surface area contributed by atoms with Gasteiger partial charge in [-0.25, -0.2) is 9.78 Å². The van der Waals surface area contributed by atoms with Crippen LogP contribution in [0.15, 0.2) is 29.0 Å². The van der Waals surface area contributed by atoms with Crippen LogP contribution in [0.1, 0.15) is 10.5 Å². The standard InChI is InChI=1S/C8H5BrN2O2/c9-7-6(8(12)13)10-5-3-1-2-4-11(5)7/h1-4H,(H,12,13). The van der Waals surface area contributed by atoms with Crippen LogP contribution in [0, 0.1) is 0 Å². The van der Waals surface area contributed by atoms with Gasteiger partial charge in [0.05, 0.1) is 0 Å². The van der Waals surface area contributed by atoms with Crippen LogP contribution in [0.25, 0.3) is 5.65 Å². The van der Waals surface area contributed by atoms with Crippen LogP contribution < -0.4 is 0 Å². The van der Waals surface area contributed by atoms with E-state index in [4.69, 9.17) is 5.11 Å². The topological polar surface area (TPSA) is 54.6 Å². The molecule has 0 aliphatic carbocycles. The van der Waals surface area contributed by atoms with Gasteiger partial charge in [-0.3, -0.25) is 4.40 Å². The molecule has 0 saturated heterocycles. The highest BCUT2D eigenvalue weighted by Crippen LogP contribution is 2.18. The Morgan fingerprint density at radius 3 is 2.92 bits per heavy atom. The molecule has 66 valence electrons. The number of fused-ring (bicyclic) bond motifs is 1. The molecule has 0 amide bonds. The van der Waals surface area contributed by atoms with Crippen molar-refractivity contribution in [3.63, 3.8) is 0 Å². The molecule has 0 spiro atoms. The molecule has 2 heterocycles. The number of halogens is 1. The molecule has 0 aromatic carbocycles. The molecule has 4 nitrogen and oxygen atoms in total. The first-order chi connectivity index (χ1) is 6.20. The number of rotatable bonds is 1. The number of pyridine rings is 1. The lowest BCUT2D eigenvalue weighted by Crippen LogP contribution is -1.97. The number of aromatic carboxylic acids is 1. The van der Waals surface area contributed by atoms with Crippen LogP contribution in [0.5, 0.6) is 0 Å². The predicted molar refractivity (Wildman–Crippen MR) is 49.9 cm³/mol. The average molecular weight is 241 g/mol. The maximum atomic E-state index is 10.7. The van der Waals surface area contributed by atoms with Gasteiger partial charge in [0.1, 0.15) is 10.3 Å². The van der Waals surface area contributed by atoms with E-state index >= 15 is 0 Å². The number of carboxylic acid groups (broad SMARTS) is 1. The summed E-state index contributed by atoms with van der Waals surface area (Å²) in [4.78, 5) is 14.6. The van der Waals surface area contributed by atoms with E-state index in [0.717, 1.165) is 0 Å². The first-order valence-electron chi connectivity index (χ1n) is 3.56. The largest absolute Gasteiger partial charge is 0.476 e. The minimum absolute atomic E-state index is 0.0335. The Labute approximate surface area is 82.0 Å². The number of nitrogens with zero attached hydrogens (tertiary/aromatic N) is 2. The van der Waals surface area contributed by atoms with Crippen molar-refractivity contribution in [3.05, 3.63) is 34.7 Å². The third-order valence-corrected chi connectivity index (χ3v) is 2.43. The number of imidazole rings is 1.